The van der Waals surface area contributed by atoms with Gasteiger partial charge in [0.25, 0.3) is 11.9 Å². The molecule has 0 amide bonds. The summed E-state index contributed by atoms with van der Waals surface area (Å²) in [4.78, 5) is 21.3. The van der Waals surface area contributed by atoms with Gasteiger partial charge >= 0.3 is 5.96 Å². The van der Waals surface area contributed by atoms with Gasteiger partial charge in [-0.2, -0.15) is 0 Å². The number of fused-ring (bicyclic) bond motifs is 8. The van der Waals surface area contributed by atoms with E-state index in [-0.39, 0.29) is 46.2 Å². The Morgan fingerprint density at radius 3 is 0.938 bits per heavy atom. The predicted molar refractivity (Wildman–Crippen MR) is 257 cm³/mol. The van der Waals surface area contributed by atoms with Crippen molar-refractivity contribution in [3.63, 3.8) is 0 Å². The first-order valence-electron chi connectivity index (χ1n) is 20.0. The van der Waals surface area contributed by atoms with Crippen molar-refractivity contribution < 1.29 is 39.3 Å². The molecule has 325 valence electrons. The van der Waals surface area contributed by atoms with Gasteiger partial charge in [-0.1, -0.05) is 72.8 Å². The molecule has 0 fully saturated rings. The largest absolute Gasteiger partial charge is 0.657 e. The predicted octanol–water partition coefficient (Wildman–Crippen LogP) is 4.55. The van der Waals surface area contributed by atoms with E-state index in [1.165, 1.54) is 0 Å². The number of hydrogen-bond donors (Lipinski definition) is 12. The third-order valence-corrected chi connectivity index (χ3v) is 10.5. The first-order chi connectivity index (χ1) is 30.9. The molecule has 0 atom stereocenters. The zero-order chi connectivity index (χ0) is 44.5. The number of benzene rings is 4. The van der Waals surface area contributed by atoms with E-state index in [0.717, 1.165) is 61.6 Å². The molecule has 3 aromatic heterocycles. The zero-order valence-electron chi connectivity index (χ0n) is 34.6. The Morgan fingerprint density at radius 2 is 0.692 bits per heavy atom. The van der Waals surface area contributed by atoms with E-state index in [1.54, 1.807) is 0 Å². The summed E-state index contributed by atoms with van der Waals surface area (Å²) in [5.74, 6) is 0.0869. The van der Waals surface area contributed by atoms with Gasteiger partial charge < -0.3 is 21.0 Å². The van der Waals surface area contributed by atoms with Crippen LogP contribution in [0.1, 0.15) is 22.8 Å². The monoisotopic (exact) mass is 1040 g/mol. The van der Waals surface area contributed by atoms with E-state index < -0.39 is 0 Å². The summed E-state index contributed by atoms with van der Waals surface area (Å²) < 4.78 is 0. The minimum absolute atomic E-state index is 0. The number of rotatable bonds is 8. The van der Waals surface area contributed by atoms with Crippen molar-refractivity contribution in [1.29, 1.82) is 16.2 Å². The molecule has 7 aromatic rings. The molecule has 0 saturated carbocycles. The molecule has 4 aromatic carbocycles. The Bertz CT molecular complexity index is 2830. The second kappa shape index (κ2) is 18.1. The van der Waals surface area contributed by atoms with Crippen molar-refractivity contribution in [1.82, 2.24) is 19.9 Å². The topological polar surface area (TPSA) is 307 Å². The van der Waals surface area contributed by atoms with Gasteiger partial charge in [0.05, 0.1) is 28.5 Å². The molecule has 0 saturated heterocycles. The summed E-state index contributed by atoms with van der Waals surface area (Å²) in [6, 6.07) is 38.9. The van der Waals surface area contributed by atoms with Gasteiger partial charge in [-0.05, 0) is 117 Å². The maximum atomic E-state index is 7.86. The quantitative estimate of drug-likeness (QED) is 0.0573. The van der Waals surface area contributed by atoms with E-state index in [1.807, 2.05) is 146 Å². The maximum Gasteiger partial charge on any atom is 0.343 e. The number of nitrogens with two attached hydrogens (primary N) is 3. The summed E-state index contributed by atoms with van der Waals surface area (Å²) in [6.45, 7) is 0. The van der Waals surface area contributed by atoms with Gasteiger partial charge in [-0.3, -0.25) is 38.7 Å². The maximum absolute atomic E-state index is 7.86. The summed E-state index contributed by atoms with van der Waals surface area (Å²) in [5, 5.41) is 41.0. The molecular weight excluding hydrogens is 998 g/mol. The fourth-order valence-electron chi connectivity index (χ4n) is 7.82. The van der Waals surface area contributed by atoms with Crippen LogP contribution in [0.4, 0.5) is 22.7 Å². The summed E-state index contributed by atoms with van der Waals surface area (Å²) in [5.41, 5.74) is 33.8. The standard InChI is InChI=1S/C48H40N16.Au/c49-45(50)57-29-9-1-25(2-10-29)41-33-17-19-35(61-33)42(26-3-11-30(12-4-26)58-46(51)52)37-21-23-39(63-37)44(28-7-15-32(16-8-28)60-48(55)56)40-24-22-38(64-40)43(36-20-18-34(41)62-36)27-5-13-31(14-6-27)59-47(53)54;/h1-24H,(H4,49,50,57)(H4,51,52,58)(H4,53,54,59)(H4,55,56,60);/q-2;/p+3. The third-order valence-electron chi connectivity index (χ3n) is 10.5. The number of guanidine groups is 4. The van der Waals surface area contributed by atoms with Crippen LogP contribution in [0.25, 0.3) is 90.9 Å². The molecule has 0 aliphatic carbocycles. The summed E-state index contributed by atoms with van der Waals surface area (Å²) >= 11 is 0. The smallest absolute Gasteiger partial charge is 0.343 e. The average Bonchev–Trinajstić information content (AvgIpc) is 4.11. The van der Waals surface area contributed by atoms with Crippen molar-refractivity contribution in [2.45, 2.75) is 0 Å². The fraction of sp³-hybridized carbons (Fsp3) is 0. The van der Waals surface area contributed by atoms with Crippen LogP contribution in [-0.2, 0) is 22.4 Å². The Kier molecular flexibility index (Phi) is 12.1. The van der Waals surface area contributed by atoms with E-state index in [2.05, 4.69) is 32.7 Å². The first kappa shape index (κ1) is 43.3. The minimum atomic E-state index is -0.164. The van der Waals surface area contributed by atoms with Gasteiger partial charge in [-0.25, -0.2) is 26.1 Å². The second-order valence-electron chi connectivity index (χ2n) is 15.0. The molecule has 0 unspecified atom stereocenters. The van der Waals surface area contributed by atoms with Gasteiger partial charge in [0, 0.05) is 39.4 Å². The Hall–Kier alpha value is -8.38. The first-order valence-corrected chi connectivity index (χ1v) is 20.0. The Labute approximate surface area is 387 Å². The normalized spacial score (nSPS) is 11.4. The molecule has 1 radical (unpaired) electrons. The molecule has 17 heteroatoms. The van der Waals surface area contributed by atoms with Gasteiger partial charge in [0.2, 0.25) is 0 Å². The summed E-state index contributed by atoms with van der Waals surface area (Å²) in [6.07, 6.45) is 7.97. The molecule has 19 N–H and O–H groups in total. The van der Waals surface area contributed by atoms with Crippen LogP contribution < -0.4 is 59.6 Å². The van der Waals surface area contributed by atoms with Crippen molar-refractivity contribution in [3.8, 4) is 44.5 Å². The Morgan fingerprint density at radius 1 is 0.431 bits per heavy atom. The fourth-order valence-corrected chi connectivity index (χ4v) is 7.82. The third kappa shape index (κ3) is 9.23. The zero-order valence-corrected chi connectivity index (χ0v) is 36.8. The van der Waals surface area contributed by atoms with Crippen LogP contribution in [0, 0.1) is 16.2 Å². The van der Waals surface area contributed by atoms with Crippen molar-refractivity contribution in [3.05, 3.63) is 144 Å². The number of nitrogens with one attached hydrogen (secondary N) is 7. The summed E-state index contributed by atoms with van der Waals surface area (Å²) in [7, 11) is 0. The van der Waals surface area contributed by atoms with Crippen LogP contribution in [0.3, 0.4) is 0 Å². The van der Waals surface area contributed by atoms with E-state index in [9.17, 15) is 0 Å². The number of anilines is 4. The van der Waals surface area contributed by atoms with E-state index >= 15 is 0 Å². The van der Waals surface area contributed by atoms with Gasteiger partial charge in [0.15, 0.2) is 5.96 Å². The van der Waals surface area contributed by atoms with Crippen LogP contribution in [-0.4, -0.2) is 33.8 Å². The van der Waals surface area contributed by atoms with Crippen LogP contribution >= 0.6 is 0 Å². The Balaban J connectivity index is 0.00000576. The molecule has 5 heterocycles. The number of hydrogen-bond acceptors (Lipinski definition) is 5. The molecular formula is C48H43AuN16+. The SMILES string of the molecule is N=C(N)Nc1ccc(-c2c3nc(c(-c4ccc(NC(=N)[NH3+])cc4)c4ccc([n-]4)c(-c4ccc(NC(=N)[NH3+])cc4)c4nc(c(-c5ccc(NC(N)=[NH2+])cc5)c5ccc2[n-]5)C=C4)C=C3)cc1.[Au]. The van der Waals surface area contributed by atoms with Crippen molar-refractivity contribution in [2.75, 3.05) is 21.3 Å². The molecule has 2 aliphatic rings. The van der Waals surface area contributed by atoms with Crippen molar-refractivity contribution in [2.24, 2.45) is 11.5 Å². The average molecular weight is 1040 g/mol. The molecule has 8 bridgehead atoms. The molecule has 9 rings (SSSR count). The molecule has 0 spiro atoms. The second-order valence-corrected chi connectivity index (χ2v) is 15.0. The number of nitrogens with zero attached hydrogens (tertiary/aromatic N) is 4. The van der Waals surface area contributed by atoms with Crippen molar-refractivity contribution >= 4 is 93.0 Å². The molecule has 16 nitrogen and oxygen atoms in total. The van der Waals surface area contributed by atoms with Crippen LogP contribution in [0.5, 0.6) is 0 Å². The van der Waals surface area contributed by atoms with Crippen LogP contribution in [0.2, 0.25) is 0 Å². The van der Waals surface area contributed by atoms with E-state index in [0.29, 0.717) is 50.5 Å². The van der Waals surface area contributed by atoms with E-state index in [4.69, 9.17) is 53.0 Å². The van der Waals surface area contributed by atoms with Gasteiger partial charge in [-0.15, -0.1) is 22.1 Å². The van der Waals surface area contributed by atoms with Gasteiger partial charge in [0.1, 0.15) is 0 Å². The molecule has 2 aliphatic heterocycles. The number of aromatic nitrogens is 4. The minimum Gasteiger partial charge on any atom is -0.657 e. The van der Waals surface area contributed by atoms with Crippen LogP contribution in [0.15, 0.2) is 121 Å². The number of quaternary nitrogens is 2. The molecule has 65 heavy (non-hydrogen) atoms.